The van der Waals surface area contributed by atoms with Gasteiger partial charge in [-0.2, -0.15) is 0 Å². The molecule has 0 aliphatic heterocycles. The first-order valence-electron chi connectivity index (χ1n) is 12.2. The number of alkyl carbamates (subject to hydrolysis) is 1. The summed E-state index contributed by atoms with van der Waals surface area (Å²) < 4.78 is 10.5. The van der Waals surface area contributed by atoms with Crippen molar-refractivity contribution in [1.82, 2.24) is 10.2 Å². The molecule has 8 heteroatoms. The lowest BCUT2D eigenvalue weighted by Crippen LogP contribution is -2.50. The fourth-order valence-electron chi connectivity index (χ4n) is 3.93. The summed E-state index contributed by atoms with van der Waals surface area (Å²) in [5.41, 5.74) is 2.44. The predicted molar refractivity (Wildman–Crippen MR) is 141 cm³/mol. The molecule has 0 bridgehead atoms. The number of hydrogen-bond donors (Lipinski definition) is 2. The minimum atomic E-state index is -0.906. The van der Waals surface area contributed by atoms with Crippen molar-refractivity contribution in [3.63, 3.8) is 0 Å². The van der Waals surface area contributed by atoms with E-state index in [1.165, 1.54) is 0 Å². The summed E-state index contributed by atoms with van der Waals surface area (Å²) in [5, 5.41) is 5.49. The molecule has 2 unspecified atom stereocenters. The molecule has 3 amide bonds. The molecule has 0 spiro atoms. The second-order valence-corrected chi connectivity index (χ2v) is 9.84. The summed E-state index contributed by atoms with van der Waals surface area (Å²) in [5.74, 6) is -0.0554. The zero-order chi connectivity index (χ0) is 27.0. The molecule has 196 valence electrons. The van der Waals surface area contributed by atoms with Gasteiger partial charge >= 0.3 is 6.09 Å². The molecule has 0 saturated heterocycles. The molecule has 36 heavy (non-hydrogen) atoms. The first-order chi connectivity index (χ1) is 16.9. The van der Waals surface area contributed by atoms with Crippen LogP contribution < -0.4 is 15.4 Å². The molecular weight excluding hydrogens is 458 g/mol. The second-order valence-electron chi connectivity index (χ2n) is 9.84. The van der Waals surface area contributed by atoms with Crippen molar-refractivity contribution in [2.75, 3.05) is 19.0 Å². The Balaban J connectivity index is 2.45. The van der Waals surface area contributed by atoms with Gasteiger partial charge in [0.05, 0.1) is 7.11 Å². The number of rotatable bonds is 9. The highest BCUT2D eigenvalue weighted by Gasteiger charge is 2.36. The third-order valence-electron chi connectivity index (χ3n) is 5.84. The lowest BCUT2D eigenvalue weighted by atomic mass is 9.92. The molecular formula is C28H39N3O5. The standard InChI is InChI=1S/C28H39N3O5/c1-9-20(4)31(23(32)17-29-27(34)36-28(5,6)7)25(24-18(2)11-10-12-19(24)3)26(33)30-21-13-15-22(35-8)16-14-21/h10-16,20,25H,9,17H2,1-8H3,(H,29,34)(H,30,33). The molecule has 8 nitrogen and oxygen atoms in total. The van der Waals surface area contributed by atoms with Gasteiger partial charge in [-0.25, -0.2) is 4.79 Å². The second kappa shape index (κ2) is 12.4. The van der Waals surface area contributed by atoms with Crippen LogP contribution in [-0.4, -0.2) is 48.1 Å². The Kier molecular flexibility index (Phi) is 9.90. The SMILES string of the molecule is CCC(C)N(C(=O)CNC(=O)OC(C)(C)C)C(C(=O)Nc1ccc(OC)cc1)c1c(C)cccc1C. The number of ether oxygens (including phenoxy) is 2. The summed E-state index contributed by atoms with van der Waals surface area (Å²) >= 11 is 0. The summed E-state index contributed by atoms with van der Waals surface area (Å²) in [6.45, 7) is 12.7. The Labute approximate surface area is 214 Å². The highest BCUT2D eigenvalue weighted by atomic mass is 16.6. The Morgan fingerprint density at radius 1 is 1.00 bits per heavy atom. The van der Waals surface area contributed by atoms with Gasteiger partial charge in [0, 0.05) is 11.7 Å². The van der Waals surface area contributed by atoms with Crippen molar-refractivity contribution in [3.05, 3.63) is 59.2 Å². The van der Waals surface area contributed by atoms with Crippen LogP contribution in [0.2, 0.25) is 0 Å². The molecule has 2 N–H and O–H groups in total. The number of nitrogens with zero attached hydrogens (tertiary/aromatic N) is 1. The number of benzene rings is 2. The fourth-order valence-corrected chi connectivity index (χ4v) is 3.93. The summed E-state index contributed by atoms with van der Waals surface area (Å²) in [7, 11) is 1.57. The third kappa shape index (κ3) is 7.73. The first kappa shape index (κ1) is 28.7. The van der Waals surface area contributed by atoms with Crippen molar-refractivity contribution < 1.29 is 23.9 Å². The Bertz CT molecular complexity index is 1040. The van der Waals surface area contributed by atoms with Gasteiger partial charge in [-0.15, -0.1) is 0 Å². The smallest absolute Gasteiger partial charge is 0.408 e. The van der Waals surface area contributed by atoms with E-state index in [0.717, 1.165) is 16.7 Å². The summed E-state index contributed by atoms with van der Waals surface area (Å²) in [6.07, 6.45) is -0.0682. The maximum Gasteiger partial charge on any atom is 0.408 e. The molecule has 0 radical (unpaired) electrons. The predicted octanol–water partition coefficient (Wildman–Crippen LogP) is 5.14. The van der Waals surface area contributed by atoms with Crippen LogP contribution in [0.25, 0.3) is 0 Å². The Morgan fingerprint density at radius 3 is 2.08 bits per heavy atom. The van der Waals surface area contributed by atoms with Crippen molar-refractivity contribution in [2.45, 2.75) is 72.6 Å². The van der Waals surface area contributed by atoms with Crippen LogP contribution in [0.5, 0.6) is 5.75 Å². The Hall–Kier alpha value is -3.55. The van der Waals surface area contributed by atoms with Gasteiger partial charge in [0.1, 0.15) is 23.9 Å². The van der Waals surface area contributed by atoms with Crippen molar-refractivity contribution in [1.29, 1.82) is 0 Å². The molecule has 2 aromatic carbocycles. The molecule has 0 saturated carbocycles. The van der Waals surface area contributed by atoms with Gasteiger partial charge in [0.25, 0.3) is 5.91 Å². The third-order valence-corrected chi connectivity index (χ3v) is 5.84. The number of amides is 3. The molecule has 0 aromatic heterocycles. The summed E-state index contributed by atoms with van der Waals surface area (Å²) in [6, 6.07) is 11.6. The summed E-state index contributed by atoms with van der Waals surface area (Å²) in [4.78, 5) is 41.1. The number of nitrogens with one attached hydrogen (secondary N) is 2. The largest absolute Gasteiger partial charge is 0.497 e. The number of anilines is 1. The van der Waals surface area contributed by atoms with Gasteiger partial charge in [0.2, 0.25) is 5.91 Å². The topological polar surface area (TPSA) is 97.0 Å². The van der Waals surface area contributed by atoms with E-state index in [4.69, 9.17) is 9.47 Å². The van der Waals surface area contributed by atoms with E-state index in [9.17, 15) is 14.4 Å². The molecule has 2 aromatic rings. The number of aryl methyl sites for hydroxylation is 2. The monoisotopic (exact) mass is 497 g/mol. The number of hydrogen-bond acceptors (Lipinski definition) is 5. The molecule has 2 atom stereocenters. The molecule has 0 aliphatic carbocycles. The van der Waals surface area contributed by atoms with E-state index in [1.807, 2.05) is 45.9 Å². The molecule has 0 aliphatic rings. The van der Waals surface area contributed by atoms with E-state index in [2.05, 4.69) is 10.6 Å². The lowest BCUT2D eigenvalue weighted by Gasteiger charge is -2.37. The van der Waals surface area contributed by atoms with Crippen LogP contribution in [0.3, 0.4) is 0 Å². The van der Waals surface area contributed by atoms with Crippen LogP contribution in [0.15, 0.2) is 42.5 Å². The Morgan fingerprint density at radius 2 is 1.58 bits per heavy atom. The lowest BCUT2D eigenvalue weighted by molar-refractivity contribution is -0.140. The molecule has 0 heterocycles. The first-order valence-corrected chi connectivity index (χ1v) is 12.2. The molecule has 0 fully saturated rings. The number of carbonyl (C=O) groups is 3. The van der Waals surface area contributed by atoms with Crippen LogP contribution in [0.1, 0.15) is 63.8 Å². The zero-order valence-corrected chi connectivity index (χ0v) is 22.6. The van der Waals surface area contributed by atoms with E-state index >= 15 is 0 Å². The van der Waals surface area contributed by atoms with Gasteiger partial charge in [-0.05, 0) is 88.9 Å². The quantitative estimate of drug-likeness (QED) is 0.500. The van der Waals surface area contributed by atoms with E-state index < -0.39 is 17.7 Å². The minimum Gasteiger partial charge on any atom is -0.497 e. The van der Waals surface area contributed by atoms with Crippen molar-refractivity contribution in [3.8, 4) is 5.75 Å². The van der Waals surface area contributed by atoms with Gasteiger partial charge in [-0.1, -0.05) is 25.1 Å². The van der Waals surface area contributed by atoms with Crippen LogP contribution in [-0.2, 0) is 14.3 Å². The number of methoxy groups -OCH3 is 1. The zero-order valence-electron chi connectivity index (χ0n) is 22.6. The van der Waals surface area contributed by atoms with Crippen molar-refractivity contribution >= 4 is 23.6 Å². The highest BCUT2D eigenvalue weighted by Crippen LogP contribution is 2.31. The van der Waals surface area contributed by atoms with Gasteiger partial charge in [0.15, 0.2) is 0 Å². The normalized spacial score (nSPS) is 12.8. The fraction of sp³-hybridized carbons (Fsp3) is 0.464. The minimum absolute atomic E-state index is 0.274. The van der Waals surface area contributed by atoms with E-state index in [-0.39, 0.29) is 24.4 Å². The van der Waals surface area contributed by atoms with E-state index in [1.54, 1.807) is 57.0 Å². The highest BCUT2D eigenvalue weighted by molar-refractivity contribution is 5.99. The van der Waals surface area contributed by atoms with Crippen molar-refractivity contribution in [2.24, 2.45) is 0 Å². The maximum atomic E-state index is 13.8. The van der Waals surface area contributed by atoms with Gasteiger partial charge in [-0.3, -0.25) is 9.59 Å². The molecule has 2 rings (SSSR count). The van der Waals surface area contributed by atoms with E-state index in [0.29, 0.717) is 17.9 Å². The number of carbonyl (C=O) groups excluding carboxylic acids is 3. The van der Waals surface area contributed by atoms with Crippen LogP contribution in [0.4, 0.5) is 10.5 Å². The van der Waals surface area contributed by atoms with Gasteiger partial charge < -0.3 is 25.0 Å². The average molecular weight is 498 g/mol. The maximum absolute atomic E-state index is 13.8. The van der Waals surface area contributed by atoms with Crippen LogP contribution in [0, 0.1) is 13.8 Å². The van der Waals surface area contributed by atoms with Crippen LogP contribution >= 0.6 is 0 Å². The average Bonchev–Trinajstić information content (AvgIpc) is 2.80.